The number of halogens is 2. The molecule has 1 saturated heterocycles. The molecule has 1 aliphatic heterocycles. The summed E-state index contributed by atoms with van der Waals surface area (Å²) in [7, 11) is 0. The van der Waals surface area contributed by atoms with Gasteiger partial charge in [0.15, 0.2) is 0 Å². The van der Waals surface area contributed by atoms with Crippen molar-refractivity contribution in [2.75, 3.05) is 19.7 Å². The van der Waals surface area contributed by atoms with Crippen LogP contribution in [0.5, 0.6) is 0 Å². The number of carbonyl (C=O) groups excluding carboxylic acids is 2. The number of hydrogen-bond acceptors (Lipinski definition) is 5. The fourth-order valence-corrected chi connectivity index (χ4v) is 2.38. The van der Waals surface area contributed by atoms with Crippen LogP contribution in [-0.2, 0) is 9.53 Å². The maximum Gasteiger partial charge on any atom is 0.310 e. The van der Waals surface area contributed by atoms with Gasteiger partial charge in [-0.15, -0.1) is 0 Å². The zero-order valence-electron chi connectivity index (χ0n) is 12.2. The smallest absolute Gasteiger partial charge is 0.310 e. The number of ether oxygens (including phenoxy) is 1. The van der Waals surface area contributed by atoms with Crippen molar-refractivity contribution in [2.45, 2.75) is 26.2 Å². The van der Waals surface area contributed by atoms with Gasteiger partial charge in [0.2, 0.25) is 0 Å². The number of hydrogen-bond donors (Lipinski definition) is 0. The van der Waals surface area contributed by atoms with Crippen LogP contribution in [0.1, 0.15) is 42.4 Å². The van der Waals surface area contributed by atoms with E-state index in [1.807, 2.05) is 0 Å². The molecule has 2 heterocycles. The standard InChI is InChI=1S/C14H17F2N3O3/c1-2-22-14(21)9-4-3-5-19(7-9)13(20)11-6-10(12(15)16)17-8-18-11/h6,8-9,12H,2-5,7H2,1H3/t9-/m1/s1. The molecule has 120 valence electrons. The van der Waals surface area contributed by atoms with Crippen LogP contribution < -0.4 is 0 Å². The van der Waals surface area contributed by atoms with Crippen LogP contribution in [0.15, 0.2) is 12.4 Å². The van der Waals surface area contributed by atoms with E-state index in [0.29, 0.717) is 19.4 Å². The Morgan fingerprint density at radius 3 is 2.91 bits per heavy atom. The maximum atomic E-state index is 12.6. The van der Waals surface area contributed by atoms with Gasteiger partial charge in [-0.3, -0.25) is 9.59 Å². The van der Waals surface area contributed by atoms with Crippen molar-refractivity contribution in [2.24, 2.45) is 5.92 Å². The van der Waals surface area contributed by atoms with Gasteiger partial charge in [-0.1, -0.05) is 0 Å². The summed E-state index contributed by atoms with van der Waals surface area (Å²) in [5.41, 5.74) is -0.577. The lowest BCUT2D eigenvalue weighted by molar-refractivity contribution is -0.149. The van der Waals surface area contributed by atoms with E-state index in [0.717, 1.165) is 12.4 Å². The molecule has 1 atom stereocenters. The predicted molar refractivity (Wildman–Crippen MR) is 72.2 cm³/mol. The molecule has 1 aromatic heterocycles. The highest BCUT2D eigenvalue weighted by Crippen LogP contribution is 2.21. The fraction of sp³-hybridized carbons (Fsp3) is 0.571. The summed E-state index contributed by atoms with van der Waals surface area (Å²) in [5.74, 6) is -1.19. The van der Waals surface area contributed by atoms with Crippen LogP contribution in [-0.4, -0.2) is 46.4 Å². The molecule has 1 aliphatic rings. The van der Waals surface area contributed by atoms with Gasteiger partial charge < -0.3 is 9.64 Å². The predicted octanol–water partition coefficient (Wildman–Crippen LogP) is 1.83. The van der Waals surface area contributed by atoms with Gasteiger partial charge in [0.05, 0.1) is 12.5 Å². The van der Waals surface area contributed by atoms with E-state index < -0.39 is 18.0 Å². The van der Waals surface area contributed by atoms with Crippen LogP contribution in [0.25, 0.3) is 0 Å². The number of piperidine rings is 1. The molecule has 0 N–H and O–H groups in total. The second-order valence-corrected chi connectivity index (χ2v) is 4.97. The zero-order chi connectivity index (χ0) is 16.1. The average molecular weight is 313 g/mol. The Labute approximate surface area is 126 Å². The number of aromatic nitrogens is 2. The molecule has 0 saturated carbocycles. The van der Waals surface area contributed by atoms with Gasteiger partial charge in [0, 0.05) is 13.1 Å². The summed E-state index contributed by atoms with van der Waals surface area (Å²) in [5, 5.41) is 0. The van der Waals surface area contributed by atoms with Gasteiger partial charge in [-0.05, 0) is 25.8 Å². The highest BCUT2D eigenvalue weighted by molar-refractivity contribution is 5.92. The molecule has 8 heteroatoms. The Morgan fingerprint density at radius 2 is 2.23 bits per heavy atom. The molecule has 1 amide bonds. The summed E-state index contributed by atoms with van der Waals surface area (Å²) < 4.78 is 30.2. The largest absolute Gasteiger partial charge is 0.466 e. The fourth-order valence-electron chi connectivity index (χ4n) is 2.38. The van der Waals surface area contributed by atoms with Crippen LogP contribution >= 0.6 is 0 Å². The van der Waals surface area contributed by atoms with Crippen LogP contribution in [0, 0.1) is 5.92 Å². The number of rotatable bonds is 4. The van der Waals surface area contributed by atoms with E-state index in [2.05, 4.69) is 9.97 Å². The van der Waals surface area contributed by atoms with Crippen molar-refractivity contribution in [1.29, 1.82) is 0 Å². The molecule has 0 radical (unpaired) electrons. The molecular formula is C14H17F2N3O3. The van der Waals surface area contributed by atoms with E-state index in [1.165, 1.54) is 4.90 Å². The van der Waals surface area contributed by atoms with Gasteiger partial charge in [-0.2, -0.15) is 0 Å². The number of likely N-dealkylation sites (tertiary alicyclic amines) is 1. The van der Waals surface area contributed by atoms with Gasteiger partial charge >= 0.3 is 5.97 Å². The van der Waals surface area contributed by atoms with Gasteiger partial charge in [-0.25, -0.2) is 18.7 Å². The Hall–Kier alpha value is -2.12. The van der Waals surface area contributed by atoms with Crippen molar-refractivity contribution in [3.05, 3.63) is 23.8 Å². The monoisotopic (exact) mass is 313 g/mol. The third-order valence-corrected chi connectivity index (χ3v) is 3.46. The van der Waals surface area contributed by atoms with E-state index in [4.69, 9.17) is 4.74 Å². The van der Waals surface area contributed by atoms with Crippen molar-refractivity contribution in [3.63, 3.8) is 0 Å². The quantitative estimate of drug-likeness (QED) is 0.793. The molecule has 0 aliphatic carbocycles. The summed E-state index contributed by atoms with van der Waals surface area (Å²) in [4.78, 5) is 32.7. The average Bonchev–Trinajstić information content (AvgIpc) is 2.54. The summed E-state index contributed by atoms with van der Waals surface area (Å²) >= 11 is 0. The molecule has 0 bridgehead atoms. The number of nitrogens with zero attached hydrogens (tertiary/aromatic N) is 3. The van der Waals surface area contributed by atoms with Crippen LogP contribution in [0.4, 0.5) is 8.78 Å². The lowest BCUT2D eigenvalue weighted by Crippen LogP contribution is -2.43. The van der Waals surface area contributed by atoms with Crippen LogP contribution in [0.3, 0.4) is 0 Å². The first-order chi connectivity index (χ1) is 10.5. The number of esters is 1. The normalized spacial score (nSPS) is 18.4. The van der Waals surface area contributed by atoms with Crippen molar-refractivity contribution < 1.29 is 23.1 Å². The Morgan fingerprint density at radius 1 is 1.45 bits per heavy atom. The summed E-state index contributed by atoms with van der Waals surface area (Å²) in [6, 6.07) is 0.987. The van der Waals surface area contributed by atoms with Crippen molar-refractivity contribution in [1.82, 2.24) is 14.9 Å². The van der Waals surface area contributed by atoms with E-state index in [1.54, 1.807) is 6.92 Å². The molecule has 1 fully saturated rings. The highest BCUT2D eigenvalue weighted by atomic mass is 19.3. The highest BCUT2D eigenvalue weighted by Gasteiger charge is 2.30. The van der Waals surface area contributed by atoms with Crippen molar-refractivity contribution in [3.8, 4) is 0 Å². The first-order valence-electron chi connectivity index (χ1n) is 7.09. The second kappa shape index (κ2) is 7.24. The maximum absolute atomic E-state index is 12.6. The number of amides is 1. The van der Waals surface area contributed by atoms with Crippen LogP contribution in [0.2, 0.25) is 0 Å². The molecule has 6 nitrogen and oxygen atoms in total. The first kappa shape index (κ1) is 16.3. The lowest BCUT2D eigenvalue weighted by atomic mass is 9.98. The SMILES string of the molecule is CCOC(=O)[C@@H]1CCCN(C(=O)c2cc(C(F)F)ncn2)C1. The Bertz CT molecular complexity index is 554. The lowest BCUT2D eigenvalue weighted by Gasteiger charge is -2.31. The first-order valence-corrected chi connectivity index (χ1v) is 7.09. The topological polar surface area (TPSA) is 72.4 Å². The van der Waals surface area contributed by atoms with E-state index in [-0.39, 0.29) is 30.7 Å². The Balaban J connectivity index is 2.08. The second-order valence-electron chi connectivity index (χ2n) is 4.97. The molecule has 1 aromatic rings. The molecule has 2 rings (SSSR count). The molecule has 0 aromatic carbocycles. The minimum absolute atomic E-state index is 0.0881. The third-order valence-electron chi connectivity index (χ3n) is 3.46. The minimum Gasteiger partial charge on any atom is -0.466 e. The Kier molecular flexibility index (Phi) is 5.35. The summed E-state index contributed by atoms with van der Waals surface area (Å²) in [6.45, 7) is 2.68. The van der Waals surface area contributed by atoms with E-state index in [9.17, 15) is 18.4 Å². The molecule has 0 unspecified atom stereocenters. The van der Waals surface area contributed by atoms with Gasteiger partial charge in [0.1, 0.15) is 17.7 Å². The number of alkyl halides is 2. The minimum atomic E-state index is -2.76. The van der Waals surface area contributed by atoms with Crippen molar-refractivity contribution >= 4 is 11.9 Å². The van der Waals surface area contributed by atoms with Gasteiger partial charge in [0.25, 0.3) is 12.3 Å². The molecule has 0 spiro atoms. The molecule has 22 heavy (non-hydrogen) atoms. The number of carbonyl (C=O) groups is 2. The summed E-state index contributed by atoms with van der Waals surface area (Å²) in [6.07, 6.45) is -0.513. The molecular weight excluding hydrogens is 296 g/mol. The zero-order valence-corrected chi connectivity index (χ0v) is 12.2. The third kappa shape index (κ3) is 3.75. The van der Waals surface area contributed by atoms with E-state index >= 15 is 0 Å².